The fraction of sp³-hybridized carbons (Fsp3) is 0.615. The number of unbranched alkanes of at least 4 members (excludes halogenated alkanes) is 3. The van der Waals surface area contributed by atoms with Gasteiger partial charge < -0.3 is 0 Å². The number of nitro groups is 1. The van der Waals surface area contributed by atoms with Crippen molar-refractivity contribution in [1.29, 1.82) is 5.26 Å². The Kier molecular flexibility index (Phi) is 5.41. The van der Waals surface area contributed by atoms with E-state index in [-0.39, 0.29) is 4.92 Å². The predicted octanol–water partition coefficient (Wildman–Crippen LogP) is 3.38. The second-order valence-corrected chi connectivity index (χ2v) is 4.32. The third-order valence-electron chi connectivity index (χ3n) is 2.99. The van der Waals surface area contributed by atoms with Gasteiger partial charge in [0.1, 0.15) is 0 Å². The topological polar surface area (TPSA) is 66.9 Å². The van der Waals surface area contributed by atoms with E-state index in [0.717, 1.165) is 31.3 Å². The molecule has 0 aromatic carbocycles. The van der Waals surface area contributed by atoms with Crippen LogP contribution in [-0.2, 0) is 0 Å². The molecule has 0 aromatic rings. The predicted molar refractivity (Wildman–Crippen MR) is 65.9 cm³/mol. The Labute approximate surface area is 102 Å². The molecule has 0 bridgehead atoms. The summed E-state index contributed by atoms with van der Waals surface area (Å²) in [5.41, 5.74) is 1.48. The number of nitriles is 1. The first-order valence-electron chi connectivity index (χ1n) is 6.13. The first kappa shape index (κ1) is 13.4. The molecule has 1 atom stereocenters. The van der Waals surface area contributed by atoms with Gasteiger partial charge in [0.25, 0.3) is 0 Å². The molecule has 0 fully saturated rings. The molecule has 0 aromatic heterocycles. The minimum Gasteiger partial charge on any atom is -0.264 e. The SMILES string of the molecule is CCCCCCC1=CC([N+](=O)[O-])CC=C1C#N. The third kappa shape index (κ3) is 4.03. The van der Waals surface area contributed by atoms with Crippen molar-refractivity contribution in [1.82, 2.24) is 0 Å². The van der Waals surface area contributed by atoms with Crippen molar-refractivity contribution >= 4 is 0 Å². The highest BCUT2D eigenvalue weighted by Crippen LogP contribution is 2.24. The summed E-state index contributed by atoms with van der Waals surface area (Å²) in [5, 5.41) is 19.7. The lowest BCUT2D eigenvalue weighted by Gasteiger charge is -2.13. The number of rotatable bonds is 6. The number of allylic oxidation sites excluding steroid dienone is 2. The van der Waals surface area contributed by atoms with Gasteiger partial charge >= 0.3 is 0 Å². The summed E-state index contributed by atoms with van der Waals surface area (Å²) >= 11 is 0. The van der Waals surface area contributed by atoms with E-state index in [1.54, 1.807) is 12.2 Å². The minimum absolute atomic E-state index is 0.281. The van der Waals surface area contributed by atoms with Gasteiger partial charge in [0.05, 0.1) is 11.6 Å². The van der Waals surface area contributed by atoms with Gasteiger partial charge in [-0.25, -0.2) is 0 Å². The van der Waals surface area contributed by atoms with Gasteiger partial charge in [0.2, 0.25) is 6.04 Å². The Bertz CT molecular complexity index is 377. The molecule has 0 amide bonds. The van der Waals surface area contributed by atoms with Gasteiger partial charge in [0, 0.05) is 11.3 Å². The summed E-state index contributed by atoms with van der Waals surface area (Å²) in [6, 6.07) is 1.48. The number of nitrogens with zero attached hydrogens (tertiary/aromatic N) is 2. The standard InChI is InChI=1S/C13H18N2O2/c1-2-3-4-5-6-11-9-13(15(16)17)8-7-12(11)10-14/h7,9,13H,2-6,8H2,1H3. The minimum atomic E-state index is -0.645. The molecule has 1 unspecified atom stereocenters. The van der Waals surface area contributed by atoms with Gasteiger partial charge in [-0.05, 0) is 24.5 Å². The molecule has 1 rings (SSSR count). The average molecular weight is 234 g/mol. The summed E-state index contributed by atoms with van der Waals surface area (Å²) < 4.78 is 0. The molecule has 0 radical (unpaired) electrons. The second-order valence-electron chi connectivity index (χ2n) is 4.32. The van der Waals surface area contributed by atoms with Crippen LogP contribution in [0.25, 0.3) is 0 Å². The van der Waals surface area contributed by atoms with Crippen LogP contribution in [-0.4, -0.2) is 11.0 Å². The molecule has 0 heterocycles. The van der Waals surface area contributed by atoms with E-state index in [9.17, 15) is 10.1 Å². The maximum atomic E-state index is 10.7. The van der Waals surface area contributed by atoms with Gasteiger partial charge in [-0.3, -0.25) is 10.1 Å². The first-order chi connectivity index (χ1) is 8.19. The lowest BCUT2D eigenvalue weighted by atomic mass is 9.92. The van der Waals surface area contributed by atoms with E-state index in [4.69, 9.17) is 5.26 Å². The monoisotopic (exact) mass is 234 g/mol. The quantitative estimate of drug-likeness (QED) is 0.402. The zero-order valence-electron chi connectivity index (χ0n) is 10.2. The third-order valence-corrected chi connectivity index (χ3v) is 2.99. The van der Waals surface area contributed by atoms with Gasteiger partial charge in [-0.15, -0.1) is 0 Å². The molecule has 1 aliphatic rings. The van der Waals surface area contributed by atoms with Crippen molar-refractivity contribution < 1.29 is 4.92 Å². The van der Waals surface area contributed by atoms with Crippen molar-refractivity contribution in [3.63, 3.8) is 0 Å². The summed E-state index contributed by atoms with van der Waals surface area (Å²) in [7, 11) is 0. The summed E-state index contributed by atoms with van der Waals surface area (Å²) in [4.78, 5) is 10.4. The normalized spacial score (nSPS) is 19.2. The summed E-state index contributed by atoms with van der Waals surface area (Å²) in [6.07, 6.45) is 8.94. The van der Waals surface area contributed by atoms with Crippen molar-refractivity contribution in [2.75, 3.05) is 0 Å². The highest BCUT2D eigenvalue weighted by atomic mass is 16.6. The zero-order valence-corrected chi connectivity index (χ0v) is 10.2. The molecular formula is C13H18N2O2. The lowest BCUT2D eigenvalue weighted by molar-refractivity contribution is -0.508. The van der Waals surface area contributed by atoms with Gasteiger partial charge in [-0.1, -0.05) is 32.3 Å². The van der Waals surface area contributed by atoms with E-state index in [2.05, 4.69) is 13.0 Å². The van der Waals surface area contributed by atoms with E-state index in [1.807, 2.05) is 0 Å². The van der Waals surface area contributed by atoms with Crippen LogP contribution in [0.15, 0.2) is 23.3 Å². The molecule has 0 saturated carbocycles. The summed E-state index contributed by atoms with van der Waals surface area (Å²) in [5.74, 6) is 0. The smallest absolute Gasteiger partial charge is 0.235 e. The van der Waals surface area contributed by atoms with Crippen LogP contribution in [0.4, 0.5) is 0 Å². The van der Waals surface area contributed by atoms with Crippen molar-refractivity contribution in [3.8, 4) is 6.07 Å². The highest BCUT2D eigenvalue weighted by molar-refractivity contribution is 5.44. The van der Waals surface area contributed by atoms with E-state index >= 15 is 0 Å². The average Bonchev–Trinajstić information content (AvgIpc) is 2.34. The Morgan fingerprint density at radius 3 is 2.88 bits per heavy atom. The molecule has 0 saturated heterocycles. The number of hydrogen-bond acceptors (Lipinski definition) is 3. The van der Waals surface area contributed by atoms with Gasteiger partial charge in [0.15, 0.2) is 0 Å². The van der Waals surface area contributed by atoms with E-state index < -0.39 is 6.04 Å². The van der Waals surface area contributed by atoms with E-state index in [0.29, 0.717) is 12.0 Å². The van der Waals surface area contributed by atoms with Crippen LogP contribution in [0.5, 0.6) is 0 Å². The van der Waals surface area contributed by atoms with Gasteiger partial charge in [-0.2, -0.15) is 5.26 Å². The lowest BCUT2D eigenvalue weighted by Crippen LogP contribution is -2.19. The van der Waals surface area contributed by atoms with Crippen molar-refractivity contribution in [3.05, 3.63) is 33.4 Å². The maximum Gasteiger partial charge on any atom is 0.235 e. The zero-order chi connectivity index (χ0) is 12.7. The van der Waals surface area contributed by atoms with Crippen LogP contribution >= 0.6 is 0 Å². The molecule has 0 N–H and O–H groups in total. The van der Waals surface area contributed by atoms with Crippen molar-refractivity contribution in [2.45, 2.75) is 51.5 Å². The molecule has 92 valence electrons. The highest BCUT2D eigenvalue weighted by Gasteiger charge is 2.22. The Morgan fingerprint density at radius 1 is 1.53 bits per heavy atom. The molecule has 0 spiro atoms. The Hall–Kier alpha value is -1.63. The van der Waals surface area contributed by atoms with Crippen LogP contribution in [0.1, 0.15) is 45.4 Å². The van der Waals surface area contributed by atoms with Crippen molar-refractivity contribution in [2.24, 2.45) is 0 Å². The van der Waals surface area contributed by atoms with Crippen LogP contribution in [0.3, 0.4) is 0 Å². The fourth-order valence-electron chi connectivity index (χ4n) is 1.98. The van der Waals surface area contributed by atoms with E-state index in [1.165, 1.54) is 6.42 Å². The molecule has 4 heteroatoms. The number of hydrogen-bond donors (Lipinski definition) is 0. The molecular weight excluding hydrogens is 216 g/mol. The molecule has 17 heavy (non-hydrogen) atoms. The fourth-order valence-corrected chi connectivity index (χ4v) is 1.98. The summed E-state index contributed by atoms with van der Waals surface area (Å²) in [6.45, 7) is 2.14. The molecule has 4 nitrogen and oxygen atoms in total. The molecule has 0 aliphatic heterocycles. The Morgan fingerprint density at radius 2 is 2.29 bits per heavy atom. The largest absolute Gasteiger partial charge is 0.264 e. The van der Waals surface area contributed by atoms with Crippen LogP contribution < -0.4 is 0 Å². The first-order valence-corrected chi connectivity index (χ1v) is 6.13. The van der Waals surface area contributed by atoms with Crippen LogP contribution in [0.2, 0.25) is 0 Å². The Balaban J connectivity index is 2.60. The maximum absolute atomic E-state index is 10.7. The second kappa shape index (κ2) is 6.85. The van der Waals surface area contributed by atoms with Crippen LogP contribution in [0, 0.1) is 21.4 Å². The molecule has 1 aliphatic carbocycles.